The molecule has 0 unspecified atom stereocenters. The van der Waals surface area contributed by atoms with Crippen molar-refractivity contribution in [3.05, 3.63) is 30.1 Å². The van der Waals surface area contributed by atoms with Crippen molar-refractivity contribution in [2.24, 2.45) is 11.8 Å². The minimum Gasteiger partial charge on any atom is -0.356 e. The molecule has 112 valence electrons. The van der Waals surface area contributed by atoms with Crippen LogP contribution in [0.5, 0.6) is 0 Å². The van der Waals surface area contributed by atoms with Crippen molar-refractivity contribution in [2.45, 2.75) is 39.7 Å². The van der Waals surface area contributed by atoms with Gasteiger partial charge in [-0.2, -0.15) is 0 Å². The van der Waals surface area contributed by atoms with Crippen LogP contribution in [-0.2, 0) is 17.8 Å². The largest absolute Gasteiger partial charge is 0.356 e. The van der Waals surface area contributed by atoms with Gasteiger partial charge >= 0.3 is 0 Å². The molecule has 0 saturated heterocycles. The standard InChI is InChI=1S/C17H23N3O/c1-12(2)10-20-11-14(15-4-3-8-18-16(15)20)7-9-19-17(21)13-5-6-13/h3-4,8,11-13H,5-7,9-10H2,1-2H3,(H,19,21). The number of nitrogens with zero attached hydrogens (tertiary/aromatic N) is 2. The van der Waals surface area contributed by atoms with Gasteiger partial charge in [0.15, 0.2) is 0 Å². The summed E-state index contributed by atoms with van der Waals surface area (Å²) in [6.45, 7) is 6.11. The minimum atomic E-state index is 0.221. The van der Waals surface area contributed by atoms with Crippen LogP contribution in [0.3, 0.4) is 0 Å². The summed E-state index contributed by atoms with van der Waals surface area (Å²) < 4.78 is 2.23. The molecular formula is C17H23N3O. The number of hydrogen-bond acceptors (Lipinski definition) is 2. The van der Waals surface area contributed by atoms with E-state index in [0.717, 1.165) is 31.5 Å². The van der Waals surface area contributed by atoms with E-state index < -0.39 is 0 Å². The predicted octanol–water partition coefficient (Wildman–Crippen LogP) is 2.76. The van der Waals surface area contributed by atoms with E-state index in [-0.39, 0.29) is 11.8 Å². The quantitative estimate of drug-likeness (QED) is 0.887. The number of carbonyl (C=O) groups is 1. The van der Waals surface area contributed by atoms with Crippen molar-refractivity contribution in [3.63, 3.8) is 0 Å². The summed E-state index contributed by atoms with van der Waals surface area (Å²) in [7, 11) is 0. The van der Waals surface area contributed by atoms with E-state index in [1.165, 1.54) is 10.9 Å². The molecule has 4 nitrogen and oxygen atoms in total. The smallest absolute Gasteiger partial charge is 0.223 e. The lowest BCUT2D eigenvalue weighted by Crippen LogP contribution is -2.26. The molecule has 0 aliphatic heterocycles. The third-order valence-electron chi connectivity index (χ3n) is 3.92. The first-order valence-electron chi connectivity index (χ1n) is 7.85. The van der Waals surface area contributed by atoms with E-state index in [4.69, 9.17) is 0 Å². The number of carbonyl (C=O) groups excluding carboxylic acids is 1. The molecule has 0 atom stereocenters. The van der Waals surface area contributed by atoms with E-state index in [0.29, 0.717) is 12.5 Å². The third-order valence-corrected chi connectivity index (χ3v) is 3.92. The van der Waals surface area contributed by atoms with Gasteiger partial charge in [0.25, 0.3) is 0 Å². The second-order valence-corrected chi connectivity index (χ2v) is 6.39. The Kier molecular flexibility index (Phi) is 3.95. The highest BCUT2D eigenvalue weighted by Crippen LogP contribution is 2.28. The molecule has 0 aromatic carbocycles. The SMILES string of the molecule is CC(C)Cn1cc(CCNC(=O)C2CC2)c2cccnc21. The molecular weight excluding hydrogens is 262 g/mol. The summed E-state index contributed by atoms with van der Waals surface area (Å²) in [6.07, 6.45) is 7.03. The molecule has 0 spiro atoms. The lowest BCUT2D eigenvalue weighted by atomic mass is 10.1. The fraction of sp³-hybridized carbons (Fsp3) is 0.529. The fourth-order valence-corrected chi connectivity index (χ4v) is 2.74. The van der Waals surface area contributed by atoms with Gasteiger partial charge in [0.2, 0.25) is 5.91 Å². The zero-order valence-corrected chi connectivity index (χ0v) is 12.8. The van der Waals surface area contributed by atoms with Crippen LogP contribution in [-0.4, -0.2) is 22.0 Å². The molecule has 0 radical (unpaired) electrons. The fourth-order valence-electron chi connectivity index (χ4n) is 2.74. The molecule has 2 aromatic heterocycles. The van der Waals surface area contributed by atoms with Crippen LogP contribution in [0.4, 0.5) is 0 Å². The maximum absolute atomic E-state index is 11.7. The van der Waals surface area contributed by atoms with Crippen LogP contribution in [0.25, 0.3) is 11.0 Å². The Bertz CT molecular complexity index is 641. The number of nitrogens with one attached hydrogen (secondary N) is 1. The number of pyridine rings is 1. The first-order chi connectivity index (χ1) is 10.1. The summed E-state index contributed by atoms with van der Waals surface area (Å²) >= 11 is 0. The highest BCUT2D eigenvalue weighted by molar-refractivity contribution is 5.82. The van der Waals surface area contributed by atoms with E-state index in [9.17, 15) is 4.79 Å². The molecule has 1 N–H and O–H groups in total. The summed E-state index contributed by atoms with van der Waals surface area (Å²) in [5, 5.41) is 4.25. The maximum atomic E-state index is 11.7. The summed E-state index contributed by atoms with van der Waals surface area (Å²) in [5.41, 5.74) is 2.32. The molecule has 2 heterocycles. The van der Waals surface area contributed by atoms with E-state index >= 15 is 0 Å². The van der Waals surface area contributed by atoms with Crippen molar-refractivity contribution >= 4 is 16.9 Å². The van der Waals surface area contributed by atoms with E-state index in [2.05, 4.69) is 41.0 Å². The molecule has 21 heavy (non-hydrogen) atoms. The van der Waals surface area contributed by atoms with Crippen molar-refractivity contribution in [3.8, 4) is 0 Å². The Morgan fingerprint density at radius 3 is 3.00 bits per heavy atom. The highest BCUT2D eigenvalue weighted by atomic mass is 16.2. The normalized spacial score (nSPS) is 14.8. The number of fused-ring (bicyclic) bond motifs is 1. The van der Waals surface area contributed by atoms with Crippen molar-refractivity contribution in [2.75, 3.05) is 6.54 Å². The lowest BCUT2D eigenvalue weighted by molar-refractivity contribution is -0.122. The first-order valence-corrected chi connectivity index (χ1v) is 7.85. The van der Waals surface area contributed by atoms with Crippen LogP contribution in [0.2, 0.25) is 0 Å². The number of hydrogen-bond donors (Lipinski definition) is 1. The molecule has 1 fully saturated rings. The summed E-state index contributed by atoms with van der Waals surface area (Å²) in [5.74, 6) is 1.10. The topological polar surface area (TPSA) is 46.9 Å². The third kappa shape index (κ3) is 3.26. The highest BCUT2D eigenvalue weighted by Gasteiger charge is 2.29. The summed E-state index contributed by atoms with van der Waals surface area (Å²) in [6, 6.07) is 4.10. The Labute approximate surface area is 125 Å². The predicted molar refractivity (Wildman–Crippen MR) is 84.0 cm³/mol. The molecule has 2 aromatic rings. The van der Waals surface area contributed by atoms with Gasteiger partial charge in [-0.1, -0.05) is 13.8 Å². The molecule has 3 rings (SSSR count). The maximum Gasteiger partial charge on any atom is 0.223 e. The van der Waals surface area contributed by atoms with Gasteiger partial charge < -0.3 is 9.88 Å². The second-order valence-electron chi connectivity index (χ2n) is 6.39. The molecule has 1 amide bonds. The zero-order valence-electron chi connectivity index (χ0n) is 12.8. The van der Waals surface area contributed by atoms with Crippen molar-refractivity contribution in [1.82, 2.24) is 14.9 Å². The van der Waals surface area contributed by atoms with Crippen molar-refractivity contribution in [1.29, 1.82) is 0 Å². The van der Waals surface area contributed by atoms with Gasteiger partial charge in [-0.05, 0) is 42.9 Å². The average Bonchev–Trinajstić information content (AvgIpc) is 3.25. The van der Waals surface area contributed by atoms with Gasteiger partial charge in [0, 0.05) is 36.8 Å². The van der Waals surface area contributed by atoms with Crippen LogP contribution in [0.15, 0.2) is 24.5 Å². The van der Waals surface area contributed by atoms with Gasteiger partial charge in [-0.25, -0.2) is 4.98 Å². The van der Waals surface area contributed by atoms with Crippen molar-refractivity contribution < 1.29 is 4.79 Å². The molecule has 0 bridgehead atoms. The first kappa shape index (κ1) is 14.1. The van der Waals surface area contributed by atoms with Crippen LogP contribution >= 0.6 is 0 Å². The number of amides is 1. The number of rotatable bonds is 6. The Hall–Kier alpha value is -1.84. The lowest BCUT2D eigenvalue weighted by Gasteiger charge is -2.06. The van der Waals surface area contributed by atoms with Gasteiger partial charge in [0.1, 0.15) is 5.65 Å². The average molecular weight is 285 g/mol. The van der Waals surface area contributed by atoms with E-state index in [1.807, 2.05) is 12.3 Å². The Balaban J connectivity index is 1.73. The molecule has 1 saturated carbocycles. The van der Waals surface area contributed by atoms with Crippen LogP contribution in [0.1, 0.15) is 32.3 Å². The van der Waals surface area contributed by atoms with Crippen LogP contribution in [0, 0.1) is 11.8 Å². The number of aromatic nitrogens is 2. The molecule has 1 aliphatic carbocycles. The monoisotopic (exact) mass is 285 g/mol. The zero-order chi connectivity index (χ0) is 14.8. The Morgan fingerprint density at radius 2 is 2.29 bits per heavy atom. The minimum absolute atomic E-state index is 0.221. The van der Waals surface area contributed by atoms with Gasteiger partial charge in [-0.15, -0.1) is 0 Å². The van der Waals surface area contributed by atoms with E-state index in [1.54, 1.807) is 0 Å². The van der Waals surface area contributed by atoms with Crippen LogP contribution < -0.4 is 5.32 Å². The van der Waals surface area contributed by atoms with Gasteiger partial charge in [-0.3, -0.25) is 4.79 Å². The summed E-state index contributed by atoms with van der Waals surface area (Å²) in [4.78, 5) is 16.2. The van der Waals surface area contributed by atoms with Gasteiger partial charge in [0.05, 0.1) is 0 Å². The molecule has 1 aliphatic rings. The second kappa shape index (κ2) is 5.88. The molecule has 4 heteroatoms. The Morgan fingerprint density at radius 1 is 1.48 bits per heavy atom.